The zero-order valence-corrected chi connectivity index (χ0v) is 16.1. The van der Waals surface area contributed by atoms with Gasteiger partial charge in [0.15, 0.2) is 5.96 Å². The van der Waals surface area contributed by atoms with Gasteiger partial charge >= 0.3 is 0 Å². The molecule has 0 saturated carbocycles. The number of benzene rings is 1. The van der Waals surface area contributed by atoms with Crippen molar-refractivity contribution in [2.24, 2.45) is 10.9 Å². The molecule has 25 heavy (non-hydrogen) atoms. The van der Waals surface area contributed by atoms with Crippen LogP contribution in [-0.2, 0) is 11.2 Å². The monoisotopic (exact) mass is 364 g/mol. The fraction of sp³-hybridized carbons (Fsp3) is 0.579. The Hall–Kier alpha value is -1.75. The maximum Gasteiger partial charge on any atom is 0.225 e. The number of nitrogens with one attached hydrogen (secondary N) is 2. The van der Waals surface area contributed by atoms with Crippen LogP contribution >= 0.6 is 11.6 Å². The first-order valence-electron chi connectivity index (χ1n) is 9.08. The molecule has 6 heteroatoms. The molecule has 0 spiro atoms. The average molecular weight is 365 g/mol. The Bertz CT molecular complexity index is 603. The largest absolute Gasteiger partial charge is 0.357 e. The van der Waals surface area contributed by atoms with Crippen molar-refractivity contribution in [3.05, 3.63) is 34.9 Å². The molecule has 1 aliphatic heterocycles. The van der Waals surface area contributed by atoms with Crippen molar-refractivity contribution in [2.75, 3.05) is 26.2 Å². The molecule has 5 nitrogen and oxygen atoms in total. The summed E-state index contributed by atoms with van der Waals surface area (Å²) in [6, 6.07) is 8.12. The van der Waals surface area contributed by atoms with E-state index in [2.05, 4.69) is 22.5 Å². The van der Waals surface area contributed by atoms with Gasteiger partial charge in [0.25, 0.3) is 0 Å². The van der Waals surface area contributed by atoms with Crippen molar-refractivity contribution in [1.82, 2.24) is 15.5 Å². The first-order valence-corrected chi connectivity index (χ1v) is 9.46. The van der Waals surface area contributed by atoms with E-state index in [4.69, 9.17) is 11.6 Å². The van der Waals surface area contributed by atoms with Crippen LogP contribution in [0.5, 0.6) is 0 Å². The first kappa shape index (κ1) is 19.6. The van der Waals surface area contributed by atoms with Crippen LogP contribution in [0.1, 0.15) is 32.8 Å². The number of guanidine groups is 1. The minimum Gasteiger partial charge on any atom is -0.357 e. The summed E-state index contributed by atoms with van der Waals surface area (Å²) in [6.45, 7) is 8.97. The zero-order chi connectivity index (χ0) is 18.2. The van der Waals surface area contributed by atoms with E-state index in [1.54, 1.807) is 0 Å². The summed E-state index contributed by atoms with van der Waals surface area (Å²) in [4.78, 5) is 18.7. The molecule has 0 aromatic heterocycles. The standard InChI is InChI=1S/C19H29ClN4O/c1-4-21-19(22-11-9-15-7-5-6-8-17(15)20)23-16-10-12-24(13-16)18(25)14(2)3/h5-8,14,16H,4,9-13H2,1-3H3,(H2,21,22,23). The highest BCUT2D eigenvalue weighted by atomic mass is 35.5. The highest BCUT2D eigenvalue weighted by molar-refractivity contribution is 6.31. The van der Waals surface area contributed by atoms with Crippen molar-refractivity contribution < 1.29 is 4.79 Å². The Labute approximate surface area is 155 Å². The van der Waals surface area contributed by atoms with Gasteiger partial charge in [0.05, 0.1) is 0 Å². The van der Waals surface area contributed by atoms with E-state index in [1.807, 2.05) is 43.0 Å². The summed E-state index contributed by atoms with van der Waals surface area (Å²) in [5.74, 6) is 1.08. The van der Waals surface area contributed by atoms with Crippen molar-refractivity contribution in [1.29, 1.82) is 0 Å². The average Bonchev–Trinajstić information content (AvgIpc) is 3.04. The molecule has 1 aromatic carbocycles. The molecule has 0 bridgehead atoms. The fourth-order valence-electron chi connectivity index (χ4n) is 2.95. The predicted molar refractivity (Wildman–Crippen MR) is 104 cm³/mol. The number of hydrogen-bond donors (Lipinski definition) is 2. The quantitative estimate of drug-likeness (QED) is 0.602. The second-order valence-corrected chi connectivity index (χ2v) is 7.08. The highest BCUT2D eigenvalue weighted by Crippen LogP contribution is 2.15. The first-order chi connectivity index (χ1) is 12.0. The molecule has 138 valence electrons. The molecule has 2 N–H and O–H groups in total. The number of carbonyl (C=O) groups excluding carboxylic acids is 1. The van der Waals surface area contributed by atoms with Gasteiger partial charge in [-0.15, -0.1) is 0 Å². The molecule has 2 rings (SSSR count). The van der Waals surface area contributed by atoms with E-state index in [9.17, 15) is 4.79 Å². The van der Waals surface area contributed by atoms with Crippen LogP contribution in [0, 0.1) is 5.92 Å². The number of hydrogen-bond acceptors (Lipinski definition) is 2. The Kier molecular flexibility index (Phi) is 7.56. The molecule has 1 amide bonds. The van der Waals surface area contributed by atoms with Gasteiger partial charge in [-0.1, -0.05) is 43.6 Å². The van der Waals surface area contributed by atoms with Gasteiger partial charge < -0.3 is 15.5 Å². The van der Waals surface area contributed by atoms with Crippen LogP contribution in [-0.4, -0.2) is 49.0 Å². The Morgan fingerprint density at radius 2 is 2.16 bits per heavy atom. The molecular formula is C19H29ClN4O. The number of rotatable bonds is 6. The second-order valence-electron chi connectivity index (χ2n) is 6.67. The molecule has 1 unspecified atom stereocenters. The molecule has 0 radical (unpaired) electrons. The van der Waals surface area contributed by atoms with E-state index < -0.39 is 0 Å². The molecule has 1 aromatic rings. The zero-order valence-electron chi connectivity index (χ0n) is 15.4. The third kappa shape index (κ3) is 5.92. The maximum absolute atomic E-state index is 12.1. The van der Waals surface area contributed by atoms with Gasteiger partial charge in [0, 0.05) is 43.2 Å². The predicted octanol–water partition coefficient (Wildman–Crippen LogP) is 2.69. The van der Waals surface area contributed by atoms with Crippen LogP contribution in [0.2, 0.25) is 5.02 Å². The lowest BCUT2D eigenvalue weighted by Crippen LogP contribution is -2.45. The number of aliphatic imine (C=N–C) groups is 1. The van der Waals surface area contributed by atoms with Crippen LogP contribution in [0.4, 0.5) is 0 Å². The van der Waals surface area contributed by atoms with Gasteiger partial charge in [-0.3, -0.25) is 9.79 Å². The van der Waals surface area contributed by atoms with E-state index in [1.165, 1.54) is 0 Å². The maximum atomic E-state index is 12.1. The number of halogens is 1. The van der Waals surface area contributed by atoms with Crippen LogP contribution in [0.15, 0.2) is 29.3 Å². The molecule has 1 atom stereocenters. The van der Waals surface area contributed by atoms with Gasteiger partial charge in [0.1, 0.15) is 0 Å². The normalized spacial score (nSPS) is 17.9. The summed E-state index contributed by atoms with van der Waals surface area (Å²) in [5.41, 5.74) is 1.11. The lowest BCUT2D eigenvalue weighted by Gasteiger charge is -2.20. The van der Waals surface area contributed by atoms with Crippen molar-refractivity contribution in [3.63, 3.8) is 0 Å². The fourth-order valence-corrected chi connectivity index (χ4v) is 3.18. The third-order valence-corrected chi connectivity index (χ3v) is 4.66. The molecule has 1 aliphatic rings. The number of likely N-dealkylation sites (tertiary alicyclic amines) is 1. The minimum absolute atomic E-state index is 0.0521. The van der Waals surface area contributed by atoms with Crippen molar-refractivity contribution >= 4 is 23.5 Å². The topological polar surface area (TPSA) is 56.7 Å². The Morgan fingerprint density at radius 3 is 2.84 bits per heavy atom. The molecule has 1 heterocycles. The van der Waals surface area contributed by atoms with E-state index in [-0.39, 0.29) is 17.9 Å². The van der Waals surface area contributed by atoms with E-state index in [0.29, 0.717) is 6.54 Å². The van der Waals surface area contributed by atoms with E-state index in [0.717, 1.165) is 49.0 Å². The summed E-state index contributed by atoms with van der Waals surface area (Å²) in [7, 11) is 0. The minimum atomic E-state index is 0.0521. The smallest absolute Gasteiger partial charge is 0.225 e. The number of amides is 1. The van der Waals surface area contributed by atoms with Gasteiger partial charge in [-0.25, -0.2) is 0 Å². The van der Waals surface area contributed by atoms with Gasteiger partial charge in [0.2, 0.25) is 5.91 Å². The van der Waals surface area contributed by atoms with Crippen LogP contribution < -0.4 is 10.6 Å². The molecule has 0 aliphatic carbocycles. The van der Waals surface area contributed by atoms with E-state index >= 15 is 0 Å². The van der Waals surface area contributed by atoms with Crippen molar-refractivity contribution in [2.45, 2.75) is 39.7 Å². The molecule has 1 saturated heterocycles. The lowest BCUT2D eigenvalue weighted by molar-refractivity contribution is -0.133. The van der Waals surface area contributed by atoms with Crippen molar-refractivity contribution in [3.8, 4) is 0 Å². The summed E-state index contributed by atoms with van der Waals surface area (Å²) < 4.78 is 0. The lowest BCUT2D eigenvalue weighted by atomic mass is 10.1. The summed E-state index contributed by atoms with van der Waals surface area (Å²) in [6.07, 6.45) is 1.76. The Morgan fingerprint density at radius 1 is 1.40 bits per heavy atom. The third-order valence-electron chi connectivity index (χ3n) is 4.29. The summed E-state index contributed by atoms with van der Waals surface area (Å²) in [5, 5.41) is 7.52. The number of carbonyl (C=O) groups is 1. The highest BCUT2D eigenvalue weighted by Gasteiger charge is 2.27. The van der Waals surface area contributed by atoms with Gasteiger partial charge in [-0.05, 0) is 31.4 Å². The SMILES string of the molecule is CCNC(=NCCc1ccccc1Cl)NC1CCN(C(=O)C(C)C)C1. The van der Waals surface area contributed by atoms with Crippen LogP contribution in [0.3, 0.4) is 0 Å². The van der Waals surface area contributed by atoms with Crippen LogP contribution in [0.25, 0.3) is 0 Å². The molecular weight excluding hydrogens is 336 g/mol. The Balaban J connectivity index is 1.88. The second kappa shape index (κ2) is 9.66. The number of nitrogens with zero attached hydrogens (tertiary/aromatic N) is 2. The summed E-state index contributed by atoms with van der Waals surface area (Å²) >= 11 is 6.19. The molecule has 1 fully saturated rings. The van der Waals surface area contributed by atoms with Gasteiger partial charge in [-0.2, -0.15) is 0 Å².